The zero-order valence-electron chi connectivity index (χ0n) is 14.9. The van der Waals surface area contributed by atoms with Gasteiger partial charge in [-0.2, -0.15) is 5.10 Å². The number of nitrogens with zero attached hydrogens (tertiary/aromatic N) is 3. The van der Waals surface area contributed by atoms with Crippen LogP contribution in [0.2, 0.25) is 0 Å². The molecule has 3 heterocycles. The van der Waals surface area contributed by atoms with E-state index in [-0.39, 0.29) is 30.4 Å². The summed E-state index contributed by atoms with van der Waals surface area (Å²) in [6.45, 7) is 1.90. The van der Waals surface area contributed by atoms with Gasteiger partial charge in [0.2, 0.25) is 5.91 Å². The van der Waals surface area contributed by atoms with E-state index in [1.807, 2.05) is 0 Å². The molecule has 1 aromatic rings. The third-order valence-electron chi connectivity index (χ3n) is 4.49. The van der Waals surface area contributed by atoms with Crippen LogP contribution in [0.15, 0.2) is 12.4 Å². The highest BCUT2D eigenvalue weighted by molar-refractivity contribution is 5.93. The Labute approximate surface area is 151 Å². The molecule has 2 saturated heterocycles. The maximum atomic E-state index is 12.1. The molecule has 10 nitrogen and oxygen atoms in total. The van der Waals surface area contributed by atoms with E-state index in [1.165, 1.54) is 6.20 Å². The van der Waals surface area contributed by atoms with Crippen LogP contribution in [-0.4, -0.2) is 95.4 Å². The van der Waals surface area contributed by atoms with Gasteiger partial charge in [0.25, 0.3) is 12.4 Å². The zero-order chi connectivity index (χ0) is 19.1. The van der Waals surface area contributed by atoms with Crippen LogP contribution in [-0.2, 0) is 14.3 Å². The largest absolute Gasteiger partial charge is 0.483 e. The second-order valence-corrected chi connectivity index (χ2v) is 6.55. The van der Waals surface area contributed by atoms with Crippen molar-refractivity contribution in [1.29, 1.82) is 0 Å². The monoisotopic (exact) mass is 367 g/mol. The molecule has 2 aliphatic heterocycles. The first-order chi connectivity index (χ1) is 12.4. The standard InChI is InChI=1S/C15H23N5O3.CH2O2/c1-19(2)14(21)4-13-8-20-7-11(3-12(20)9-23-13)18-15(22)10-5-16-17-6-10;2-1-3/h5-6,11-13H,3-4,7-9H2,1-2H3,(H,16,17)(H,18,22);1H,(H,2,3)/t11-,12-,13-;/m0./s1. The summed E-state index contributed by atoms with van der Waals surface area (Å²) >= 11 is 0. The molecule has 0 aliphatic carbocycles. The van der Waals surface area contributed by atoms with E-state index in [2.05, 4.69) is 20.4 Å². The fourth-order valence-electron chi connectivity index (χ4n) is 3.19. The summed E-state index contributed by atoms with van der Waals surface area (Å²) in [5, 5.41) is 16.4. The molecule has 0 spiro atoms. The first-order valence-corrected chi connectivity index (χ1v) is 8.37. The van der Waals surface area contributed by atoms with Crippen molar-refractivity contribution in [2.45, 2.75) is 31.0 Å². The second kappa shape index (κ2) is 9.30. The molecule has 0 saturated carbocycles. The van der Waals surface area contributed by atoms with E-state index in [4.69, 9.17) is 14.6 Å². The van der Waals surface area contributed by atoms with Crippen molar-refractivity contribution in [3.63, 3.8) is 0 Å². The fraction of sp³-hybridized carbons (Fsp3) is 0.625. The van der Waals surface area contributed by atoms with Crippen LogP contribution < -0.4 is 5.32 Å². The van der Waals surface area contributed by atoms with Gasteiger partial charge >= 0.3 is 0 Å². The van der Waals surface area contributed by atoms with Gasteiger partial charge in [-0.25, -0.2) is 0 Å². The Morgan fingerprint density at radius 3 is 2.85 bits per heavy atom. The molecule has 0 unspecified atom stereocenters. The molecule has 0 aromatic carbocycles. The molecule has 1 aromatic heterocycles. The van der Waals surface area contributed by atoms with Crippen molar-refractivity contribution in [3.05, 3.63) is 18.0 Å². The van der Waals surface area contributed by atoms with Gasteiger partial charge in [0.15, 0.2) is 0 Å². The Hall–Kier alpha value is -2.46. The fourth-order valence-corrected chi connectivity index (χ4v) is 3.19. The number of aromatic nitrogens is 2. The van der Waals surface area contributed by atoms with E-state index < -0.39 is 0 Å². The minimum Gasteiger partial charge on any atom is -0.483 e. The predicted octanol–water partition coefficient (Wildman–Crippen LogP) is -0.840. The lowest BCUT2D eigenvalue weighted by Gasteiger charge is -2.35. The highest BCUT2D eigenvalue weighted by Gasteiger charge is 2.38. The molecule has 2 aliphatic rings. The highest BCUT2D eigenvalue weighted by atomic mass is 16.5. The molecule has 144 valence electrons. The number of hydrogen-bond donors (Lipinski definition) is 3. The lowest BCUT2D eigenvalue weighted by Crippen LogP contribution is -2.47. The average molecular weight is 367 g/mol. The molecule has 2 fully saturated rings. The quantitative estimate of drug-likeness (QED) is 0.592. The number of aromatic amines is 1. The van der Waals surface area contributed by atoms with Gasteiger partial charge in [-0.3, -0.25) is 24.4 Å². The SMILES string of the molecule is CN(C)C(=O)C[C@H]1CN2C[C@@H](NC(=O)c3cn[nH]c3)C[C@H]2CO1.O=CO. The Morgan fingerprint density at radius 1 is 1.50 bits per heavy atom. The minimum atomic E-state index is -0.250. The molecule has 3 N–H and O–H groups in total. The third kappa shape index (κ3) is 5.27. The first kappa shape index (κ1) is 19.9. The summed E-state index contributed by atoms with van der Waals surface area (Å²) < 4.78 is 5.82. The van der Waals surface area contributed by atoms with Crippen LogP contribution in [0.5, 0.6) is 0 Å². The average Bonchev–Trinajstić information content (AvgIpc) is 3.24. The number of carbonyl (C=O) groups excluding carboxylic acids is 2. The van der Waals surface area contributed by atoms with Crippen LogP contribution >= 0.6 is 0 Å². The van der Waals surface area contributed by atoms with E-state index in [9.17, 15) is 9.59 Å². The smallest absolute Gasteiger partial charge is 0.290 e. The lowest BCUT2D eigenvalue weighted by molar-refractivity contribution is -0.134. The summed E-state index contributed by atoms with van der Waals surface area (Å²) in [7, 11) is 3.51. The van der Waals surface area contributed by atoms with Crippen LogP contribution in [0, 0.1) is 0 Å². The maximum Gasteiger partial charge on any atom is 0.290 e. The third-order valence-corrected chi connectivity index (χ3v) is 4.49. The number of fused-ring (bicyclic) bond motifs is 1. The Bertz CT molecular complexity index is 606. The molecule has 3 atom stereocenters. The number of ether oxygens (including phenoxy) is 1. The second-order valence-electron chi connectivity index (χ2n) is 6.55. The molecular weight excluding hydrogens is 342 g/mol. The minimum absolute atomic E-state index is 0.0653. The highest BCUT2D eigenvalue weighted by Crippen LogP contribution is 2.24. The van der Waals surface area contributed by atoms with Crippen LogP contribution in [0.3, 0.4) is 0 Å². The lowest BCUT2D eigenvalue weighted by atomic mass is 10.1. The van der Waals surface area contributed by atoms with E-state index in [0.29, 0.717) is 24.6 Å². The predicted molar refractivity (Wildman–Crippen MR) is 91.6 cm³/mol. The van der Waals surface area contributed by atoms with Crippen LogP contribution in [0.1, 0.15) is 23.2 Å². The van der Waals surface area contributed by atoms with Gasteiger partial charge in [0.05, 0.1) is 30.9 Å². The van der Waals surface area contributed by atoms with Crippen LogP contribution in [0.4, 0.5) is 0 Å². The number of amides is 2. The summed E-state index contributed by atoms with van der Waals surface area (Å²) in [6, 6.07) is 0.421. The van der Waals surface area contributed by atoms with Gasteiger partial charge in [-0.05, 0) is 6.42 Å². The Morgan fingerprint density at radius 2 is 2.23 bits per heavy atom. The van der Waals surface area contributed by atoms with Crippen molar-refractivity contribution in [2.24, 2.45) is 0 Å². The molecule has 0 radical (unpaired) electrons. The maximum absolute atomic E-state index is 12.1. The summed E-state index contributed by atoms with van der Waals surface area (Å²) in [6.07, 6.45) is 4.32. The number of rotatable bonds is 4. The molecule has 26 heavy (non-hydrogen) atoms. The summed E-state index contributed by atoms with van der Waals surface area (Å²) in [5.41, 5.74) is 0.542. The number of morpholine rings is 1. The van der Waals surface area contributed by atoms with Gasteiger partial charge in [-0.15, -0.1) is 0 Å². The van der Waals surface area contributed by atoms with E-state index in [1.54, 1.807) is 25.2 Å². The zero-order valence-corrected chi connectivity index (χ0v) is 14.9. The van der Waals surface area contributed by atoms with Crippen molar-refractivity contribution in [2.75, 3.05) is 33.8 Å². The molecule has 10 heteroatoms. The molecule has 3 rings (SSSR count). The topological polar surface area (TPSA) is 128 Å². The summed E-state index contributed by atoms with van der Waals surface area (Å²) in [4.78, 5) is 36.2. The van der Waals surface area contributed by atoms with Crippen molar-refractivity contribution in [1.82, 2.24) is 25.3 Å². The first-order valence-electron chi connectivity index (χ1n) is 8.37. The number of hydrogen-bond acceptors (Lipinski definition) is 6. The van der Waals surface area contributed by atoms with Crippen molar-refractivity contribution < 1.29 is 24.2 Å². The van der Waals surface area contributed by atoms with Crippen molar-refractivity contribution in [3.8, 4) is 0 Å². The number of carbonyl (C=O) groups is 3. The van der Waals surface area contributed by atoms with Crippen molar-refractivity contribution >= 4 is 18.3 Å². The van der Waals surface area contributed by atoms with Crippen LogP contribution in [0.25, 0.3) is 0 Å². The van der Waals surface area contributed by atoms with E-state index >= 15 is 0 Å². The van der Waals surface area contributed by atoms with Gasteiger partial charge < -0.3 is 20.1 Å². The number of H-pyrrole nitrogens is 1. The van der Waals surface area contributed by atoms with E-state index in [0.717, 1.165) is 19.5 Å². The Balaban J connectivity index is 0.000000758. The summed E-state index contributed by atoms with van der Waals surface area (Å²) in [5.74, 6) is -0.0266. The molecule has 0 bridgehead atoms. The number of carboxylic acid groups (broad SMARTS) is 1. The van der Waals surface area contributed by atoms with Gasteiger partial charge in [0, 0.05) is 45.5 Å². The van der Waals surface area contributed by atoms with Gasteiger partial charge in [-0.1, -0.05) is 0 Å². The molecular formula is C16H25N5O5. The normalized spacial score (nSPS) is 24.8. The van der Waals surface area contributed by atoms with Gasteiger partial charge in [0.1, 0.15) is 0 Å². The molecule has 2 amide bonds. The number of nitrogens with one attached hydrogen (secondary N) is 2. The Kier molecular flexibility index (Phi) is 7.10.